The molecule has 0 N–H and O–H groups in total. The number of hydrogen-bond donors (Lipinski definition) is 0. The van der Waals surface area contributed by atoms with Gasteiger partial charge in [0.15, 0.2) is 0 Å². The third-order valence-electron chi connectivity index (χ3n) is 2.57. The summed E-state index contributed by atoms with van der Waals surface area (Å²) < 4.78 is 36.7. The molecule has 1 aliphatic heterocycles. The molecule has 0 amide bonds. The summed E-state index contributed by atoms with van der Waals surface area (Å²) in [4.78, 5) is 5.39. The summed E-state index contributed by atoms with van der Waals surface area (Å²) in [7, 11) is 0. The lowest BCUT2D eigenvalue weighted by Crippen LogP contribution is -2.53. The van der Waals surface area contributed by atoms with Gasteiger partial charge in [-0.3, -0.25) is 0 Å². The van der Waals surface area contributed by atoms with Crippen LogP contribution in [-0.2, 0) is 0 Å². The van der Waals surface area contributed by atoms with Gasteiger partial charge in [-0.25, -0.2) is 4.98 Å². The number of anilines is 1. The summed E-state index contributed by atoms with van der Waals surface area (Å²) >= 11 is 0. The summed E-state index contributed by atoms with van der Waals surface area (Å²) in [5, 5.41) is 8.51. The highest BCUT2D eigenvalue weighted by atomic mass is 19.4. The van der Waals surface area contributed by atoms with E-state index in [1.54, 1.807) is 11.0 Å². The van der Waals surface area contributed by atoms with Crippen LogP contribution < -0.4 is 4.90 Å². The van der Waals surface area contributed by atoms with Gasteiger partial charge in [0.05, 0.1) is 17.8 Å². The van der Waals surface area contributed by atoms with Crippen molar-refractivity contribution in [1.29, 1.82) is 5.26 Å². The minimum absolute atomic E-state index is 0.0307. The molecule has 84 valence electrons. The van der Waals surface area contributed by atoms with Crippen LogP contribution in [0.4, 0.5) is 18.9 Å². The van der Waals surface area contributed by atoms with Gasteiger partial charge in [-0.05, 0) is 12.1 Å². The van der Waals surface area contributed by atoms with Crippen molar-refractivity contribution in [3.05, 3.63) is 24.0 Å². The molecule has 2 heterocycles. The molecule has 0 bridgehead atoms. The number of nitriles is 1. The van der Waals surface area contributed by atoms with E-state index in [1.807, 2.05) is 6.07 Å². The topological polar surface area (TPSA) is 39.9 Å². The molecule has 0 saturated carbocycles. The second kappa shape index (κ2) is 3.67. The van der Waals surface area contributed by atoms with Crippen LogP contribution in [0, 0.1) is 17.2 Å². The van der Waals surface area contributed by atoms with Crippen LogP contribution in [0.3, 0.4) is 0 Å². The predicted octanol–water partition coefficient (Wildman–Crippen LogP) is 1.95. The average molecular weight is 227 g/mol. The smallest absolute Gasteiger partial charge is 0.369 e. The third-order valence-corrected chi connectivity index (χ3v) is 2.57. The van der Waals surface area contributed by atoms with E-state index in [0.717, 1.165) is 0 Å². The van der Waals surface area contributed by atoms with Crippen molar-refractivity contribution < 1.29 is 13.2 Å². The van der Waals surface area contributed by atoms with Crippen molar-refractivity contribution >= 4 is 5.69 Å². The molecule has 1 aromatic rings. The van der Waals surface area contributed by atoms with E-state index >= 15 is 0 Å². The number of nitrogens with zero attached hydrogens (tertiary/aromatic N) is 3. The summed E-state index contributed by atoms with van der Waals surface area (Å²) in [6, 6.07) is 4.96. The normalized spacial score (nSPS) is 16.8. The molecule has 6 heteroatoms. The van der Waals surface area contributed by atoms with E-state index in [-0.39, 0.29) is 18.8 Å². The lowest BCUT2D eigenvalue weighted by atomic mass is 9.99. The Bertz CT molecular complexity index is 412. The molecule has 16 heavy (non-hydrogen) atoms. The zero-order valence-electron chi connectivity index (χ0n) is 8.20. The molecule has 3 nitrogen and oxygen atoms in total. The molecule has 1 saturated heterocycles. The fourth-order valence-electron chi connectivity index (χ4n) is 1.54. The van der Waals surface area contributed by atoms with Crippen LogP contribution in [-0.4, -0.2) is 24.2 Å². The van der Waals surface area contributed by atoms with E-state index in [4.69, 9.17) is 5.26 Å². The second-order valence-electron chi connectivity index (χ2n) is 3.66. The van der Waals surface area contributed by atoms with Gasteiger partial charge in [-0.15, -0.1) is 0 Å². The van der Waals surface area contributed by atoms with Crippen LogP contribution in [0.5, 0.6) is 0 Å². The molecule has 1 aliphatic rings. The molecule has 0 aromatic carbocycles. The lowest BCUT2D eigenvalue weighted by molar-refractivity contribution is -0.180. The Balaban J connectivity index is 1.99. The van der Waals surface area contributed by atoms with Crippen molar-refractivity contribution in [2.45, 2.75) is 6.18 Å². The molecule has 1 fully saturated rings. The maximum Gasteiger partial charge on any atom is 0.395 e. The number of hydrogen-bond acceptors (Lipinski definition) is 3. The Labute approximate surface area is 90.1 Å². The van der Waals surface area contributed by atoms with Gasteiger partial charge < -0.3 is 4.90 Å². The summed E-state index contributed by atoms with van der Waals surface area (Å²) in [6.07, 6.45) is -2.69. The van der Waals surface area contributed by atoms with Gasteiger partial charge in [-0.2, -0.15) is 18.4 Å². The Hall–Kier alpha value is -1.77. The molecule has 0 radical (unpaired) electrons. The highest BCUT2D eigenvalue weighted by Crippen LogP contribution is 2.35. The van der Waals surface area contributed by atoms with Crippen LogP contribution in [0.25, 0.3) is 0 Å². The highest BCUT2D eigenvalue weighted by molar-refractivity contribution is 5.48. The SMILES string of the molecule is N#Cc1ccc(N2CC(C(F)(F)F)C2)cn1. The largest absolute Gasteiger partial charge is 0.395 e. The first-order valence-electron chi connectivity index (χ1n) is 4.68. The van der Waals surface area contributed by atoms with Gasteiger partial charge >= 0.3 is 6.18 Å². The Morgan fingerprint density at radius 3 is 2.50 bits per heavy atom. The summed E-state index contributed by atoms with van der Waals surface area (Å²) in [6.45, 7) is -0.0613. The first-order valence-corrected chi connectivity index (χ1v) is 4.68. The second-order valence-corrected chi connectivity index (χ2v) is 3.66. The Morgan fingerprint density at radius 2 is 2.06 bits per heavy atom. The number of halogens is 3. The van der Waals surface area contributed by atoms with Gasteiger partial charge in [0, 0.05) is 13.1 Å². The first-order chi connectivity index (χ1) is 7.50. The van der Waals surface area contributed by atoms with Crippen molar-refractivity contribution in [2.75, 3.05) is 18.0 Å². The zero-order valence-corrected chi connectivity index (χ0v) is 8.20. The molecule has 0 aliphatic carbocycles. The van der Waals surface area contributed by atoms with E-state index in [1.165, 1.54) is 12.3 Å². The minimum Gasteiger partial charge on any atom is -0.369 e. The van der Waals surface area contributed by atoms with Gasteiger partial charge in [0.1, 0.15) is 11.8 Å². The fraction of sp³-hybridized carbons (Fsp3) is 0.400. The van der Waals surface area contributed by atoms with Crippen molar-refractivity contribution in [1.82, 2.24) is 4.98 Å². The number of alkyl halides is 3. The Morgan fingerprint density at radius 1 is 1.38 bits per heavy atom. The standard InChI is InChI=1S/C10H8F3N3/c11-10(12,13)7-5-16(6-7)9-2-1-8(3-14)15-4-9/h1-2,4,7H,5-6H2. The molecule has 0 atom stereocenters. The zero-order chi connectivity index (χ0) is 11.8. The van der Waals surface area contributed by atoms with Crippen molar-refractivity contribution in [2.24, 2.45) is 5.92 Å². The average Bonchev–Trinajstić information content (AvgIpc) is 2.14. The van der Waals surface area contributed by atoms with E-state index in [0.29, 0.717) is 5.69 Å². The molecular formula is C10H8F3N3. The quantitative estimate of drug-likeness (QED) is 0.736. The molecular weight excluding hydrogens is 219 g/mol. The van der Waals surface area contributed by atoms with Gasteiger partial charge in [0.25, 0.3) is 0 Å². The van der Waals surface area contributed by atoms with E-state index in [9.17, 15) is 13.2 Å². The van der Waals surface area contributed by atoms with E-state index in [2.05, 4.69) is 4.98 Å². The number of rotatable bonds is 1. The molecule has 0 spiro atoms. The Kier molecular flexibility index (Phi) is 2.46. The third kappa shape index (κ3) is 1.94. The predicted molar refractivity (Wildman–Crippen MR) is 50.7 cm³/mol. The van der Waals surface area contributed by atoms with Crippen LogP contribution >= 0.6 is 0 Å². The summed E-state index contributed by atoms with van der Waals surface area (Å²) in [5.41, 5.74) is 0.885. The van der Waals surface area contributed by atoms with Crippen LogP contribution in [0.2, 0.25) is 0 Å². The molecule has 0 unspecified atom stereocenters. The fourth-order valence-corrected chi connectivity index (χ4v) is 1.54. The number of pyridine rings is 1. The summed E-state index contributed by atoms with van der Waals surface area (Å²) in [5.74, 6) is -1.25. The number of aromatic nitrogens is 1. The van der Waals surface area contributed by atoms with Crippen molar-refractivity contribution in [3.8, 4) is 6.07 Å². The van der Waals surface area contributed by atoms with Crippen molar-refractivity contribution in [3.63, 3.8) is 0 Å². The maximum absolute atomic E-state index is 12.2. The lowest BCUT2D eigenvalue weighted by Gasteiger charge is -2.41. The molecule has 2 rings (SSSR count). The van der Waals surface area contributed by atoms with Gasteiger partial charge in [0.2, 0.25) is 0 Å². The van der Waals surface area contributed by atoms with Gasteiger partial charge in [-0.1, -0.05) is 0 Å². The van der Waals surface area contributed by atoms with Crippen LogP contribution in [0.1, 0.15) is 5.69 Å². The minimum atomic E-state index is -4.11. The first kappa shape index (κ1) is 10.7. The monoisotopic (exact) mass is 227 g/mol. The molecule has 1 aromatic heterocycles. The van der Waals surface area contributed by atoms with E-state index < -0.39 is 12.1 Å². The van der Waals surface area contributed by atoms with Crippen LogP contribution in [0.15, 0.2) is 18.3 Å². The maximum atomic E-state index is 12.2. The highest BCUT2D eigenvalue weighted by Gasteiger charge is 2.47.